The van der Waals surface area contributed by atoms with Crippen LogP contribution in [0.2, 0.25) is 0 Å². The van der Waals surface area contributed by atoms with Gasteiger partial charge in [-0.05, 0) is 100 Å². The van der Waals surface area contributed by atoms with E-state index in [0.29, 0.717) is 0 Å². The predicted molar refractivity (Wildman–Crippen MR) is 157 cm³/mol. The quantitative estimate of drug-likeness (QED) is 0.242. The van der Waals surface area contributed by atoms with Gasteiger partial charge >= 0.3 is 0 Å². The van der Waals surface area contributed by atoms with Crippen molar-refractivity contribution in [2.24, 2.45) is 0 Å². The van der Waals surface area contributed by atoms with Crippen LogP contribution in [0.3, 0.4) is 0 Å². The molecular formula is C35H40N2. The highest BCUT2D eigenvalue weighted by Crippen LogP contribution is 2.56. The zero-order chi connectivity index (χ0) is 26.6. The highest BCUT2D eigenvalue weighted by atomic mass is 15.1. The fraction of sp³-hybridized carbons (Fsp3) is 0.314. The van der Waals surface area contributed by atoms with E-state index < -0.39 is 5.41 Å². The lowest BCUT2D eigenvalue weighted by Crippen LogP contribution is -2.37. The molecule has 0 spiro atoms. The molecule has 0 fully saturated rings. The summed E-state index contributed by atoms with van der Waals surface area (Å²) in [6, 6.07) is 36.6. The van der Waals surface area contributed by atoms with Crippen LogP contribution in [-0.4, -0.2) is 38.0 Å². The van der Waals surface area contributed by atoms with Crippen molar-refractivity contribution in [3.63, 3.8) is 0 Å². The molecule has 0 atom stereocenters. The van der Waals surface area contributed by atoms with Gasteiger partial charge in [0, 0.05) is 11.1 Å². The third-order valence-electron chi connectivity index (χ3n) is 9.19. The Balaban J connectivity index is 1.89. The van der Waals surface area contributed by atoms with E-state index in [1.165, 1.54) is 44.5 Å². The van der Waals surface area contributed by atoms with Gasteiger partial charge in [-0.1, -0.05) is 97.1 Å². The molecule has 4 aromatic rings. The maximum atomic E-state index is 2.45. The van der Waals surface area contributed by atoms with Crippen LogP contribution in [0, 0.1) is 0 Å². The monoisotopic (exact) mass is 488 g/mol. The molecule has 4 aromatic carbocycles. The smallest absolute Gasteiger partial charge is 0.0713 e. The van der Waals surface area contributed by atoms with Gasteiger partial charge in [0.25, 0.3) is 0 Å². The van der Waals surface area contributed by atoms with Crippen molar-refractivity contribution in [1.82, 2.24) is 9.80 Å². The third kappa shape index (κ3) is 3.77. The maximum absolute atomic E-state index is 2.45. The zero-order valence-corrected chi connectivity index (χ0v) is 23.6. The normalized spacial score (nSPS) is 14.6. The molecular weight excluding hydrogens is 448 g/mol. The lowest BCUT2D eigenvalue weighted by molar-refractivity contribution is 0.197. The van der Waals surface area contributed by atoms with E-state index in [1.54, 1.807) is 0 Å². The number of hydrogen-bond acceptors (Lipinski definition) is 2. The predicted octanol–water partition coefficient (Wildman–Crippen LogP) is 7.64. The van der Waals surface area contributed by atoms with Crippen LogP contribution in [0.25, 0.3) is 11.1 Å². The van der Waals surface area contributed by atoms with E-state index in [2.05, 4.69) is 163 Å². The molecule has 1 aliphatic carbocycles. The summed E-state index contributed by atoms with van der Waals surface area (Å²) in [5.74, 6) is 0. The van der Waals surface area contributed by atoms with Gasteiger partial charge in [-0.3, -0.25) is 0 Å². The van der Waals surface area contributed by atoms with Gasteiger partial charge in [0.1, 0.15) is 0 Å². The average molecular weight is 489 g/mol. The standard InChI is InChI=1S/C35H40N2/c1-33(2,36(5)6)25-15-13-17-27(23-25)35(28-18-14-16-26(24-28)34(3,4)37(7)8)31-21-11-9-19-29(31)30-20-10-12-22-32(30)35/h9-24H,1-8H3. The summed E-state index contributed by atoms with van der Waals surface area (Å²) in [7, 11) is 8.65. The lowest BCUT2D eigenvalue weighted by atomic mass is 9.66. The molecule has 2 nitrogen and oxygen atoms in total. The van der Waals surface area contributed by atoms with E-state index >= 15 is 0 Å². The Bertz CT molecular complexity index is 1330. The summed E-state index contributed by atoms with van der Waals surface area (Å²) in [6.07, 6.45) is 0. The second kappa shape index (κ2) is 8.97. The minimum atomic E-state index is -0.399. The molecule has 0 radical (unpaired) electrons. The van der Waals surface area contributed by atoms with Crippen LogP contribution in [-0.2, 0) is 16.5 Å². The Hall–Kier alpha value is -3.20. The Morgan fingerprint density at radius 2 is 0.865 bits per heavy atom. The number of fused-ring (bicyclic) bond motifs is 3. The van der Waals surface area contributed by atoms with Gasteiger partial charge in [0.05, 0.1) is 5.41 Å². The van der Waals surface area contributed by atoms with Crippen molar-refractivity contribution in [1.29, 1.82) is 0 Å². The number of nitrogens with zero attached hydrogens (tertiary/aromatic N) is 2. The summed E-state index contributed by atoms with van der Waals surface area (Å²) in [5.41, 5.74) is 10.1. The summed E-state index contributed by atoms with van der Waals surface area (Å²) in [4.78, 5) is 4.60. The molecule has 1 aliphatic rings. The first-order valence-corrected chi connectivity index (χ1v) is 13.3. The number of benzene rings is 4. The van der Waals surface area contributed by atoms with Gasteiger partial charge in [-0.25, -0.2) is 0 Å². The Labute approximate surface area is 223 Å². The second-order valence-corrected chi connectivity index (χ2v) is 11.9. The van der Waals surface area contributed by atoms with Crippen LogP contribution in [0.1, 0.15) is 61.1 Å². The first-order valence-electron chi connectivity index (χ1n) is 13.3. The maximum Gasteiger partial charge on any atom is 0.0713 e. The number of hydrogen-bond donors (Lipinski definition) is 0. The first kappa shape index (κ1) is 25.4. The minimum Gasteiger partial charge on any atom is -0.300 e. The van der Waals surface area contributed by atoms with E-state index in [9.17, 15) is 0 Å². The van der Waals surface area contributed by atoms with Crippen molar-refractivity contribution in [2.45, 2.75) is 44.2 Å². The Morgan fingerprint density at radius 3 is 1.24 bits per heavy atom. The third-order valence-corrected chi connectivity index (χ3v) is 9.19. The molecule has 2 heteroatoms. The first-order chi connectivity index (χ1) is 17.5. The van der Waals surface area contributed by atoms with Gasteiger partial charge < -0.3 is 9.80 Å². The molecule has 0 aromatic heterocycles. The Kier molecular flexibility index (Phi) is 6.17. The van der Waals surface area contributed by atoms with E-state index in [0.717, 1.165) is 0 Å². The molecule has 0 amide bonds. The molecule has 0 bridgehead atoms. The van der Waals surface area contributed by atoms with Crippen LogP contribution < -0.4 is 0 Å². The lowest BCUT2D eigenvalue weighted by Gasteiger charge is -2.38. The fourth-order valence-corrected chi connectivity index (χ4v) is 5.81. The van der Waals surface area contributed by atoms with Crippen molar-refractivity contribution >= 4 is 0 Å². The zero-order valence-electron chi connectivity index (χ0n) is 23.6. The van der Waals surface area contributed by atoms with Gasteiger partial charge in [0.15, 0.2) is 0 Å². The molecule has 37 heavy (non-hydrogen) atoms. The largest absolute Gasteiger partial charge is 0.300 e. The minimum absolute atomic E-state index is 0.0936. The van der Waals surface area contributed by atoms with Gasteiger partial charge in [0.2, 0.25) is 0 Å². The molecule has 0 saturated carbocycles. The number of rotatable bonds is 6. The SMILES string of the molecule is CN(C)C(C)(C)c1cccc(C2(c3cccc(C(C)(C)N(C)C)c3)c3ccccc3-c3ccccc32)c1. The second-order valence-electron chi connectivity index (χ2n) is 11.9. The topological polar surface area (TPSA) is 6.48 Å². The van der Waals surface area contributed by atoms with Gasteiger partial charge in [-0.15, -0.1) is 0 Å². The molecule has 0 unspecified atom stereocenters. The van der Waals surface area contributed by atoms with Crippen molar-refractivity contribution in [3.05, 3.63) is 130 Å². The molecule has 0 saturated heterocycles. The van der Waals surface area contributed by atoms with E-state index in [4.69, 9.17) is 0 Å². The Morgan fingerprint density at radius 1 is 0.486 bits per heavy atom. The van der Waals surface area contributed by atoms with E-state index in [1.807, 2.05) is 0 Å². The molecule has 0 N–H and O–H groups in total. The fourth-order valence-electron chi connectivity index (χ4n) is 5.81. The van der Waals surface area contributed by atoms with Gasteiger partial charge in [-0.2, -0.15) is 0 Å². The molecule has 0 heterocycles. The van der Waals surface area contributed by atoms with Crippen LogP contribution in [0.15, 0.2) is 97.1 Å². The highest BCUT2D eigenvalue weighted by Gasteiger charge is 2.46. The average Bonchev–Trinajstić information content (AvgIpc) is 3.20. The molecule has 5 rings (SSSR count). The van der Waals surface area contributed by atoms with Crippen molar-refractivity contribution < 1.29 is 0 Å². The van der Waals surface area contributed by atoms with Crippen LogP contribution in [0.4, 0.5) is 0 Å². The highest BCUT2D eigenvalue weighted by molar-refractivity contribution is 5.86. The van der Waals surface area contributed by atoms with Crippen LogP contribution in [0.5, 0.6) is 0 Å². The molecule has 190 valence electrons. The summed E-state index contributed by atoms with van der Waals surface area (Å²) in [5, 5.41) is 0. The van der Waals surface area contributed by atoms with E-state index in [-0.39, 0.29) is 11.1 Å². The van der Waals surface area contributed by atoms with Crippen molar-refractivity contribution in [2.75, 3.05) is 28.2 Å². The summed E-state index contributed by atoms with van der Waals surface area (Å²) in [6.45, 7) is 9.20. The van der Waals surface area contributed by atoms with Crippen LogP contribution >= 0.6 is 0 Å². The molecule has 0 aliphatic heterocycles. The summed E-state index contributed by atoms with van der Waals surface area (Å²) >= 11 is 0. The van der Waals surface area contributed by atoms with Crippen molar-refractivity contribution in [3.8, 4) is 11.1 Å². The summed E-state index contributed by atoms with van der Waals surface area (Å²) < 4.78 is 0.